The molecular formula is C54H98NO7+. The fraction of sp³-hybridized carbons (Fsp3) is 0.796. The molecule has 0 bridgehead atoms. The van der Waals surface area contributed by atoms with E-state index < -0.39 is 18.1 Å². The molecule has 8 nitrogen and oxygen atoms in total. The Hall–Kier alpha value is -2.71. The van der Waals surface area contributed by atoms with Crippen LogP contribution in [-0.2, 0) is 28.6 Å². The SMILES string of the molecule is CC/C=C/C/C=C/C/C=C/C/C=C/CCCCCCCCCCCC(=O)OCC(COCCC(C(=O)O)[N+](C)(C)C)OC(=O)CCCCCCCCCCCCCCCCCC. The molecule has 0 rings (SSSR count). The molecule has 62 heavy (non-hydrogen) atoms. The van der Waals surface area contributed by atoms with Crippen LogP contribution in [0.3, 0.4) is 0 Å². The second-order valence-electron chi connectivity index (χ2n) is 18.4. The molecule has 0 aromatic rings. The maximum Gasteiger partial charge on any atom is 0.362 e. The number of carboxylic acids is 1. The van der Waals surface area contributed by atoms with Crippen molar-refractivity contribution in [2.75, 3.05) is 41.0 Å². The minimum atomic E-state index is -0.874. The molecule has 0 radical (unpaired) electrons. The Bertz CT molecular complexity index is 1150. The fourth-order valence-electron chi connectivity index (χ4n) is 7.55. The third-order valence-electron chi connectivity index (χ3n) is 11.5. The first-order valence-electron chi connectivity index (χ1n) is 25.7. The molecule has 1 N–H and O–H groups in total. The Kier molecular flexibility index (Phi) is 42.9. The smallest absolute Gasteiger partial charge is 0.362 e. The Morgan fingerprint density at radius 3 is 1.34 bits per heavy atom. The standard InChI is InChI=1S/C54H97NO7/c1-6-8-10-12-14-16-18-20-22-24-25-26-27-28-29-31-32-34-36-38-40-42-44-52(56)61-49-50(48-60-47-46-51(54(58)59)55(3,4)5)62-53(57)45-43-41-39-37-35-33-30-23-21-19-17-15-13-11-9-7-2/h8,10,14,16,20,22,25-26,50-51H,6-7,9,11-13,15,17-19,21,23-24,27-49H2,1-5H3/p+1/b10-8+,16-14+,22-20+,26-25+. The highest BCUT2D eigenvalue weighted by atomic mass is 16.6. The van der Waals surface area contributed by atoms with Gasteiger partial charge in [0.25, 0.3) is 0 Å². The molecule has 0 saturated heterocycles. The summed E-state index contributed by atoms with van der Waals surface area (Å²) in [7, 11) is 5.54. The number of unbranched alkanes of at least 4 members (excludes halogenated alkanes) is 24. The van der Waals surface area contributed by atoms with Crippen molar-refractivity contribution in [3.8, 4) is 0 Å². The van der Waals surface area contributed by atoms with Gasteiger partial charge in [-0.3, -0.25) is 9.59 Å². The zero-order chi connectivity index (χ0) is 45.6. The first kappa shape index (κ1) is 59.3. The molecule has 8 heteroatoms. The van der Waals surface area contributed by atoms with Gasteiger partial charge in [0.05, 0.1) is 34.4 Å². The largest absolute Gasteiger partial charge is 0.477 e. The van der Waals surface area contributed by atoms with Gasteiger partial charge in [0.1, 0.15) is 6.61 Å². The molecule has 2 unspecified atom stereocenters. The van der Waals surface area contributed by atoms with Gasteiger partial charge in [-0.1, -0.05) is 204 Å². The monoisotopic (exact) mass is 873 g/mol. The predicted molar refractivity (Wildman–Crippen MR) is 261 cm³/mol. The van der Waals surface area contributed by atoms with Gasteiger partial charge in [0, 0.05) is 19.3 Å². The summed E-state index contributed by atoms with van der Waals surface area (Å²) >= 11 is 0. The van der Waals surface area contributed by atoms with E-state index in [0.717, 1.165) is 70.6 Å². The molecule has 360 valence electrons. The lowest BCUT2D eigenvalue weighted by atomic mass is 10.0. The van der Waals surface area contributed by atoms with Crippen LogP contribution in [-0.4, -0.2) is 80.6 Å². The predicted octanol–water partition coefficient (Wildman–Crippen LogP) is 14.8. The number of ether oxygens (including phenoxy) is 3. The van der Waals surface area contributed by atoms with Gasteiger partial charge in [0.2, 0.25) is 0 Å². The van der Waals surface area contributed by atoms with E-state index in [1.54, 1.807) is 0 Å². The molecule has 0 aliphatic carbocycles. The summed E-state index contributed by atoms with van der Waals surface area (Å²) in [5, 5.41) is 9.65. The first-order valence-corrected chi connectivity index (χ1v) is 25.7. The number of hydrogen-bond donors (Lipinski definition) is 1. The lowest BCUT2D eigenvalue weighted by Gasteiger charge is -2.31. The van der Waals surface area contributed by atoms with Crippen LogP contribution < -0.4 is 0 Å². The van der Waals surface area contributed by atoms with E-state index in [-0.39, 0.29) is 36.2 Å². The molecule has 0 saturated carbocycles. The average Bonchev–Trinajstić information content (AvgIpc) is 3.23. The summed E-state index contributed by atoms with van der Waals surface area (Å²) in [6, 6.07) is -0.615. The van der Waals surface area contributed by atoms with Gasteiger partial charge in [-0.2, -0.15) is 0 Å². The second-order valence-corrected chi connectivity index (χ2v) is 18.4. The number of carbonyl (C=O) groups is 3. The first-order chi connectivity index (χ1) is 30.1. The molecule has 0 spiro atoms. The summed E-state index contributed by atoms with van der Waals surface area (Å²) in [6.07, 6.45) is 54.4. The van der Waals surface area contributed by atoms with E-state index in [2.05, 4.69) is 62.5 Å². The Morgan fingerprint density at radius 1 is 0.500 bits per heavy atom. The highest BCUT2D eigenvalue weighted by molar-refractivity contribution is 5.72. The molecule has 0 aliphatic rings. The number of esters is 2. The van der Waals surface area contributed by atoms with Crippen LogP contribution in [0.25, 0.3) is 0 Å². The maximum atomic E-state index is 12.8. The second kappa shape index (κ2) is 44.9. The lowest BCUT2D eigenvalue weighted by molar-refractivity contribution is -0.887. The van der Waals surface area contributed by atoms with E-state index >= 15 is 0 Å². The molecule has 2 atom stereocenters. The summed E-state index contributed by atoms with van der Waals surface area (Å²) in [5.74, 6) is -1.46. The van der Waals surface area contributed by atoms with Crippen molar-refractivity contribution >= 4 is 17.9 Å². The number of likely N-dealkylation sites (N-methyl/N-ethyl adjacent to an activating group) is 1. The van der Waals surface area contributed by atoms with Crippen LogP contribution >= 0.6 is 0 Å². The summed E-state index contributed by atoms with van der Waals surface area (Å²) < 4.78 is 17.4. The number of quaternary nitrogens is 1. The van der Waals surface area contributed by atoms with E-state index in [1.807, 2.05) is 21.1 Å². The fourth-order valence-corrected chi connectivity index (χ4v) is 7.55. The van der Waals surface area contributed by atoms with Crippen molar-refractivity contribution in [1.29, 1.82) is 0 Å². The normalized spacial score (nSPS) is 13.2. The zero-order valence-corrected chi connectivity index (χ0v) is 41.1. The van der Waals surface area contributed by atoms with Crippen LogP contribution in [0.5, 0.6) is 0 Å². The van der Waals surface area contributed by atoms with Gasteiger partial charge in [0.15, 0.2) is 12.1 Å². The van der Waals surface area contributed by atoms with Gasteiger partial charge >= 0.3 is 17.9 Å². The van der Waals surface area contributed by atoms with Crippen molar-refractivity contribution < 1.29 is 38.2 Å². The van der Waals surface area contributed by atoms with Gasteiger partial charge in [-0.05, 0) is 51.4 Å². The minimum Gasteiger partial charge on any atom is -0.477 e. The van der Waals surface area contributed by atoms with Crippen LogP contribution in [0, 0.1) is 0 Å². The van der Waals surface area contributed by atoms with E-state index in [9.17, 15) is 19.5 Å². The van der Waals surface area contributed by atoms with Crippen molar-refractivity contribution in [2.45, 2.75) is 238 Å². The number of allylic oxidation sites excluding steroid dienone is 8. The lowest BCUT2D eigenvalue weighted by Crippen LogP contribution is -2.50. The van der Waals surface area contributed by atoms with Gasteiger partial charge in [-0.25, -0.2) is 4.79 Å². The Balaban J connectivity index is 4.22. The summed E-state index contributed by atoms with van der Waals surface area (Å²) in [4.78, 5) is 37.2. The number of carboxylic acid groups (broad SMARTS) is 1. The maximum absolute atomic E-state index is 12.8. The summed E-state index contributed by atoms with van der Waals surface area (Å²) in [5.41, 5.74) is 0. The molecular weight excluding hydrogens is 775 g/mol. The van der Waals surface area contributed by atoms with Crippen LogP contribution in [0.1, 0.15) is 226 Å². The third kappa shape index (κ3) is 42.6. The molecule has 0 aromatic heterocycles. The molecule has 0 amide bonds. The van der Waals surface area contributed by atoms with Crippen molar-refractivity contribution in [1.82, 2.24) is 0 Å². The van der Waals surface area contributed by atoms with Gasteiger partial charge in [-0.15, -0.1) is 0 Å². The number of hydrogen-bond acceptors (Lipinski definition) is 6. The molecule has 0 fully saturated rings. The molecule has 0 heterocycles. The summed E-state index contributed by atoms with van der Waals surface area (Å²) in [6.45, 7) is 4.65. The van der Waals surface area contributed by atoms with E-state index in [4.69, 9.17) is 14.2 Å². The molecule has 0 aliphatic heterocycles. The number of nitrogens with zero attached hydrogens (tertiary/aromatic N) is 1. The number of carbonyl (C=O) groups excluding carboxylic acids is 2. The Morgan fingerprint density at radius 2 is 0.903 bits per heavy atom. The van der Waals surface area contributed by atoms with Crippen LogP contribution in [0.15, 0.2) is 48.6 Å². The Labute approximate surface area is 382 Å². The average molecular weight is 873 g/mol. The zero-order valence-electron chi connectivity index (χ0n) is 41.1. The highest BCUT2D eigenvalue weighted by Crippen LogP contribution is 2.16. The van der Waals surface area contributed by atoms with Crippen molar-refractivity contribution in [2.24, 2.45) is 0 Å². The minimum absolute atomic E-state index is 0.0521. The van der Waals surface area contributed by atoms with E-state index in [1.165, 1.54) is 122 Å². The quantitative estimate of drug-likeness (QED) is 0.0281. The van der Waals surface area contributed by atoms with Crippen molar-refractivity contribution in [3.63, 3.8) is 0 Å². The molecule has 0 aromatic carbocycles. The highest BCUT2D eigenvalue weighted by Gasteiger charge is 2.31. The third-order valence-corrected chi connectivity index (χ3v) is 11.5. The number of aliphatic carboxylic acids is 1. The van der Waals surface area contributed by atoms with Crippen LogP contribution in [0.4, 0.5) is 0 Å². The van der Waals surface area contributed by atoms with E-state index in [0.29, 0.717) is 19.3 Å². The van der Waals surface area contributed by atoms with Gasteiger partial charge < -0.3 is 23.8 Å². The topological polar surface area (TPSA) is 99.1 Å². The van der Waals surface area contributed by atoms with Crippen LogP contribution in [0.2, 0.25) is 0 Å². The van der Waals surface area contributed by atoms with Crippen molar-refractivity contribution in [3.05, 3.63) is 48.6 Å². The number of rotatable bonds is 46.